The summed E-state index contributed by atoms with van der Waals surface area (Å²) in [5.41, 5.74) is 8.65. The summed E-state index contributed by atoms with van der Waals surface area (Å²) in [5.74, 6) is 0.615. The van der Waals surface area contributed by atoms with E-state index in [1.807, 2.05) is 12.1 Å². The second kappa shape index (κ2) is 8.10. The van der Waals surface area contributed by atoms with Crippen molar-refractivity contribution >= 4 is 5.96 Å². The minimum Gasteiger partial charge on any atom is -0.370 e. The number of benzene rings is 2. The maximum atomic E-state index is 6.18. The molecule has 2 aromatic carbocycles. The van der Waals surface area contributed by atoms with Gasteiger partial charge in [0.1, 0.15) is 0 Å². The van der Waals surface area contributed by atoms with Gasteiger partial charge in [0.15, 0.2) is 5.96 Å². The molecule has 0 saturated heterocycles. The van der Waals surface area contributed by atoms with Crippen molar-refractivity contribution in [2.24, 2.45) is 10.7 Å². The van der Waals surface area contributed by atoms with Crippen LogP contribution >= 0.6 is 0 Å². The average molecular weight is 281 g/mol. The molecule has 0 fully saturated rings. The highest BCUT2D eigenvalue weighted by atomic mass is 15.2. The third-order valence-corrected chi connectivity index (χ3v) is 3.25. The van der Waals surface area contributed by atoms with Crippen molar-refractivity contribution in [1.29, 1.82) is 0 Å². The highest BCUT2D eigenvalue weighted by molar-refractivity contribution is 5.78. The Hall–Kier alpha value is -2.29. The molecule has 0 unspecified atom stereocenters. The molecule has 2 aromatic rings. The molecule has 0 aromatic heterocycles. The SMILES string of the molecule is CCCN=C(N)N(Cc1ccccc1)Cc1ccccc1. The molecule has 0 aliphatic heterocycles. The monoisotopic (exact) mass is 281 g/mol. The maximum Gasteiger partial charge on any atom is 0.191 e. The molecule has 0 aliphatic carbocycles. The summed E-state index contributed by atoms with van der Waals surface area (Å²) in [5, 5.41) is 0. The maximum absolute atomic E-state index is 6.18. The fraction of sp³-hybridized carbons (Fsp3) is 0.278. The summed E-state index contributed by atoms with van der Waals surface area (Å²) in [6.07, 6.45) is 1.01. The first-order chi connectivity index (χ1) is 10.3. The van der Waals surface area contributed by atoms with Gasteiger partial charge in [-0.3, -0.25) is 4.99 Å². The van der Waals surface area contributed by atoms with Crippen LogP contribution in [0, 0.1) is 0 Å². The van der Waals surface area contributed by atoms with Crippen molar-refractivity contribution in [3.63, 3.8) is 0 Å². The van der Waals surface area contributed by atoms with E-state index >= 15 is 0 Å². The predicted octanol–water partition coefficient (Wildman–Crippen LogP) is 3.41. The standard InChI is InChI=1S/C18H23N3/c1-2-13-20-18(19)21(14-16-9-5-3-6-10-16)15-17-11-7-4-8-12-17/h3-12H,2,13-15H2,1H3,(H2,19,20). The van der Waals surface area contributed by atoms with Crippen LogP contribution in [0.5, 0.6) is 0 Å². The Morgan fingerprint density at radius 2 is 1.38 bits per heavy atom. The van der Waals surface area contributed by atoms with E-state index in [1.165, 1.54) is 11.1 Å². The molecule has 2 N–H and O–H groups in total. The Morgan fingerprint density at radius 3 is 1.81 bits per heavy atom. The van der Waals surface area contributed by atoms with Gasteiger partial charge in [0.2, 0.25) is 0 Å². The molecule has 0 bridgehead atoms. The number of hydrogen-bond donors (Lipinski definition) is 1. The normalized spacial score (nSPS) is 11.4. The van der Waals surface area contributed by atoms with E-state index in [4.69, 9.17) is 5.73 Å². The molecule has 110 valence electrons. The van der Waals surface area contributed by atoms with E-state index in [9.17, 15) is 0 Å². The average Bonchev–Trinajstić information content (AvgIpc) is 2.54. The van der Waals surface area contributed by atoms with Gasteiger partial charge < -0.3 is 10.6 Å². The van der Waals surface area contributed by atoms with Crippen LogP contribution in [0.1, 0.15) is 24.5 Å². The third-order valence-electron chi connectivity index (χ3n) is 3.25. The van der Waals surface area contributed by atoms with Crippen LogP contribution < -0.4 is 5.73 Å². The van der Waals surface area contributed by atoms with Crippen LogP contribution in [-0.4, -0.2) is 17.4 Å². The van der Waals surface area contributed by atoms with Crippen LogP contribution in [0.2, 0.25) is 0 Å². The molecule has 21 heavy (non-hydrogen) atoms. The van der Waals surface area contributed by atoms with Crippen molar-refractivity contribution in [3.05, 3.63) is 71.8 Å². The van der Waals surface area contributed by atoms with Gasteiger partial charge in [-0.1, -0.05) is 67.6 Å². The molecule has 0 aliphatic rings. The fourth-order valence-corrected chi connectivity index (χ4v) is 2.15. The van der Waals surface area contributed by atoms with E-state index < -0.39 is 0 Å². The van der Waals surface area contributed by atoms with Gasteiger partial charge in [0.05, 0.1) is 0 Å². The number of nitrogens with two attached hydrogens (primary N) is 1. The minimum atomic E-state index is 0.615. The van der Waals surface area contributed by atoms with E-state index in [0.717, 1.165) is 26.1 Å². The molecular weight excluding hydrogens is 258 g/mol. The first-order valence-corrected chi connectivity index (χ1v) is 7.42. The van der Waals surface area contributed by atoms with Gasteiger partial charge in [-0.15, -0.1) is 0 Å². The Balaban J connectivity index is 2.14. The Kier molecular flexibility index (Phi) is 5.83. The smallest absolute Gasteiger partial charge is 0.191 e. The molecule has 0 saturated carbocycles. The molecule has 0 atom stereocenters. The van der Waals surface area contributed by atoms with Crippen LogP contribution in [-0.2, 0) is 13.1 Å². The second-order valence-electron chi connectivity index (χ2n) is 5.07. The van der Waals surface area contributed by atoms with E-state index in [-0.39, 0.29) is 0 Å². The van der Waals surface area contributed by atoms with Crippen LogP contribution in [0.4, 0.5) is 0 Å². The Bertz CT molecular complexity index is 508. The van der Waals surface area contributed by atoms with E-state index in [1.54, 1.807) is 0 Å². The molecular formula is C18H23N3. The lowest BCUT2D eigenvalue weighted by Crippen LogP contribution is -2.36. The molecule has 3 heteroatoms. The van der Waals surface area contributed by atoms with Crippen LogP contribution in [0.15, 0.2) is 65.7 Å². The summed E-state index contributed by atoms with van der Waals surface area (Å²) in [6.45, 7) is 4.42. The van der Waals surface area contributed by atoms with Gasteiger partial charge in [0.25, 0.3) is 0 Å². The lowest BCUT2D eigenvalue weighted by atomic mass is 10.2. The Labute approximate surface area is 127 Å². The number of rotatable bonds is 6. The minimum absolute atomic E-state index is 0.615. The summed E-state index contributed by atoms with van der Waals surface area (Å²) in [4.78, 5) is 6.58. The zero-order chi connectivity index (χ0) is 14.9. The lowest BCUT2D eigenvalue weighted by molar-refractivity contribution is 0.400. The molecule has 3 nitrogen and oxygen atoms in total. The van der Waals surface area contributed by atoms with Crippen molar-refractivity contribution < 1.29 is 0 Å². The van der Waals surface area contributed by atoms with E-state index in [0.29, 0.717) is 5.96 Å². The number of guanidine groups is 1. The van der Waals surface area contributed by atoms with Crippen molar-refractivity contribution in [2.45, 2.75) is 26.4 Å². The van der Waals surface area contributed by atoms with Gasteiger partial charge in [0, 0.05) is 19.6 Å². The first kappa shape index (κ1) is 15.1. The number of aliphatic imine (C=N–C) groups is 1. The summed E-state index contributed by atoms with van der Waals surface area (Å²) in [7, 11) is 0. The molecule has 0 spiro atoms. The third kappa shape index (κ3) is 4.95. The topological polar surface area (TPSA) is 41.6 Å². The fourth-order valence-electron chi connectivity index (χ4n) is 2.15. The highest BCUT2D eigenvalue weighted by Gasteiger charge is 2.09. The summed E-state index contributed by atoms with van der Waals surface area (Å²) < 4.78 is 0. The zero-order valence-corrected chi connectivity index (χ0v) is 12.6. The number of hydrogen-bond acceptors (Lipinski definition) is 1. The largest absolute Gasteiger partial charge is 0.370 e. The number of nitrogens with zero attached hydrogens (tertiary/aromatic N) is 2. The molecule has 0 radical (unpaired) electrons. The second-order valence-corrected chi connectivity index (χ2v) is 5.07. The van der Waals surface area contributed by atoms with Crippen molar-refractivity contribution in [2.75, 3.05) is 6.54 Å². The van der Waals surface area contributed by atoms with Gasteiger partial charge in [-0.25, -0.2) is 0 Å². The van der Waals surface area contributed by atoms with Gasteiger partial charge >= 0.3 is 0 Å². The van der Waals surface area contributed by atoms with E-state index in [2.05, 4.69) is 65.3 Å². The van der Waals surface area contributed by atoms with Crippen LogP contribution in [0.3, 0.4) is 0 Å². The highest BCUT2D eigenvalue weighted by Crippen LogP contribution is 2.10. The van der Waals surface area contributed by atoms with Crippen molar-refractivity contribution in [1.82, 2.24) is 4.90 Å². The lowest BCUT2D eigenvalue weighted by Gasteiger charge is -2.24. The van der Waals surface area contributed by atoms with Gasteiger partial charge in [-0.2, -0.15) is 0 Å². The predicted molar refractivity (Wildman–Crippen MR) is 88.9 cm³/mol. The Morgan fingerprint density at radius 1 is 0.905 bits per heavy atom. The van der Waals surface area contributed by atoms with Crippen molar-refractivity contribution in [3.8, 4) is 0 Å². The first-order valence-electron chi connectivity index (χ1n) is 7.42. The summed E-state index contributed by atoms with van der Waals surface area (Å²) >= 11 is 0. The quantitative estimate of drug-likeness (QED) is 0.651. The molecule has 0 heterocycles. The summed E-state index contributed by atoms with van der Waals surface area (Å²) in [6, 6.07) is 20.7. The van der Waals surface area contributed by atoms with Crippen LogP contribution in [0.25, 0.3) is 0 Å². The molecule has 0 amide bonds. The van der Waals surface area contributed by atoms with Gasteiger partial charge in [-0.05, 0) is 17.5 Å². The molecule has 2 rings (SSSR count). The zero-order valence-electron chi connectivity index (χ0n) is 12.6.